The number of benzene rings is 3. The molecule has 0 radical (unpaired) electrons. The van der Waals surface area contributed by atoms with E-state index in [0.29, 0.717) is 33.3 Å². The van der Waals surface area contributed by atoms with Crippen molar-refractivity contribution in [3.63, 3.8) is 0 Å². The lowest BCUT2D eigenvalue weighted by Gasteiger charge is -2.24. The number of fused-ring (bicyclic) bond motifs is 1. The molecule has 4 aromatic rings. The van der Waals surface area contributed by atoms with E-state index in [1.54, 1.807) is 35.0 Å². The van der Waals surface area contributed by atoms with Crippen LogP contribution in [0, 0.1) is 5.82 Å². The molecule has 2 amide bonds. The van der Waals surface area contributed by atoms with Crippen LogP contribution in [0.5, 0.6) is 0 Å². The summed E-state index contributed by atoms with van der Waals surface area (Å²) in [5, 5.41) is 7.70. The Balaban J connectivity index is 1.83. The summed E-state index contributed by atoms with van der Waals surface area (Å²) in [6.07, 6.45) is 0. The molecule has 9 heteroatoms. The van der Waals surface area contributed by atoms with Crippen LogP contribution in [0.25, 0.3) is 16.9 Å². The van der Waals surface area contributed by atoms with Crippen LogP contribution >= 0.6 is 23.4 Å². The lowest BCUT2D eigenvalue weighted by Crippen LogP contribution is -2.44. The van der Waals surface area contributed by atoms with Crippen molar-refractivity contribution in [3.8, 4) is 16.9 Å². The van der Waals surface area contributed by atoms with Crippen molar-refractivity contribution in [2.24, 2.45) is 0 Å². The number of amides is 2. The second-order valence-electron chi connectivity index (χ2n) is 9.23. The lowest BCUT2D eigenvalue weighted by molar-refractivity contribution is -0.123. The Labute approximate surface area is 229 Å². The molecular formula is C29H26ClFN4O2S. The largest absolute Gasteiger partial charge is 0.352 e. The monoisotopic (exact) mass is 548 g/mol. The van der Waals surface area contributed by atoms with E-state index >= 15 is 4.39 Å². The Morgan fingerprint density at radius 1 is 1.08 bits per heavy atom. The zero-order valence-corrected chi connectivity index (χ0v) is 22.5. The third kappa shape index (κ3) is 5.06. The van der Waals surface area contributed by atoms with Gasteiger partial charge in [0.25, 0.3) is 0 Å². The maximum absolute atomic E-state index is 15.3. The fraction of sp³-hybridized carbons (Fsp3) is 0.207. The molecule has 0 unspecified atom stereocenters. The van der Waals surface area contributed by atoms with Crippen molar-refractivity contribution in [2.45, 2.75) is 25.1 Å². The van der Waals surface area contributed by atoms with Crippen LogP contribution < -0.4 is 10.2 Å². The number of nitrogens with one attached hydrogen (secondary N) is 1. The molecule has 0 saturated heterocycles. The number of rotatable bonds is 6. The van der Waals surface area contributed by atoms with Gasteiger partial charge in [-0.3, -0.25) is 14.5 Å². The van der Waals surface area contributed by atoms with Gasteiger partial charge in [-0.15, -0.1) is 11.8 Å². The maximum Gasteiger partial charge on any atom is 0.240 e. The normalized spacial score (nSPS) is 15.3. The summed E-state index contributed by atoms with van der Waals surface area (Å²) in [6.45, 7) is 3.51. The summed E-state index contributed by atoms with van der Waals surface area (Å²) in [6, 6.07) is 23.2. The highest BCUT2D eigenvalue weighted by molar-refractivity contribution is 8.00. The topological polar surface area (TPSA) is 67.2 Å². The van der Waals surface area contributed by atoms with Crippen molar-refractivity contribution in [1.29, 1.82) is 0 Å². The standard InChI is InChI=1S/C29H26ClFN4O2S/c1-18(2)32-24(36)16-34-25(37)17-38-28(20-12-6-8-14-22(20)31)26-27(19-10-4-3-5-11-19)33-35(29(26)34)23-15-9-7-13-21(23)30/h3-15,18,28H,16-17H2,1-2H3,(H,32,36)/t28-/m0/s1. The van der Waals surface area contributed by atoms with Gasteiger partial charge in [0.15, 0.2) is 0 Å². The highest BCUT2D eigenvalue weighted by Crippen LogP contribution is 2.49. The number of nitrogens with zero attached hydrogens (tertiary/aromatic N) is 3. The first-order valence-corrected chi connectivity index (χ1v) is 13.7. The van der Waals surface area contributed by atoms with Gasteiger partial charge in [-0.05, 0) is 32.0 Å². The number of aromatic nitrogens is 2. The summed E-state index contributed by atoms with van der Waals surface area (Å²) in [7, 11) is 0. The first-order valence-electron chi connectivity index (χ1n) is 12.2. The Kier molecular flexibility index (Phi) is 7.53. The predicted octanol–water partition coefficient (Wildman–Crippen LogP) is 6.03. The second-order valence-corrected chi connectivity index (χ2v) is 10.7. The smallest absolute Gasteiger partial charge is 0.240 e. The Hall–Kier alpha value is -3.62. The van der Waals surface area contributed by atoms with Crippen LogP contribution in [-0.4, -0.2) is 39.9 Å². The molecule has 1 atom stereocenters. The zero-order valence-electron chi connectivity index (χ0n) is 20.9. The summed E-state index contributed by atoms with van der Waals surface area (Å²) in [5.74, 6) is -0.499. The quantitative estimate of drug-likeness (QED) is 0.320. The minimum Gasteiger partial charge on any atom is -0.352 e. The molecule has 194 valence electrons. The average molecular weight is 549 g/mol. The summed E-state index contributed by atoms with van der Waals surface area (Å²) in [5.41, 5.74) is 3.03. The number of thioether (sulfide) groups is 1. The Bertz CT molecular complexity index is 1490. The molecule has 5 rings (SSSR count). The van der Waals surface area contributed by atoms with Crippen LogP contribution in [0.4, 0.5) is 10.2 Å². The van der Waals surface area contributed by atoms with Crippen molar-refractivity contribution >= 4 is 41.0 Å². The summed E-state index contributed by atoms with van der Waals surface area (Å²) < 4.78 is 16.9. The van der Waals surface area contributed by atoms with Gasteiger partial charge in [-0.1, -0.05) is 72.3 Å². The van der Waals surface area contributed by atoms with E-state index in [1.807, 2.05) is 56.3 Å². The molecule has 3 aromatic carbocycles. The third-order valence-electron chi connectivity index (χ3n) is 6.16. The molecule has 1 aliphatic rings. The molecule has 1 aromatic heterocycles. The van der Waals surface area contributed by atoms with E-state index in [2.05, 4.69) is 5.32 Å². The van der Waals surface area contributed by atoms with Crippen LogP contribution in [0.3, 0.4) is 0 Å². The average Bonchev–Trinajstić information content (AvgIpc) is 3.22. The molecule has 0 bridgehead atoms. The van der Waals surface area contributed by atoms with Crippen LogP contribution in [0.1, 0.15) is 30.2 Å². The van der Waals surface area contributed by atoms with Gasteiger partial charge < -0.3 is 5.32 Å². The molecule has 38 heavy (non-hydrogen) atoms. The van der Waals surface area contributed by atoms with E-state index in [9.17, 15) is 9.59 Å². The van der Waals surface area contributed by atoms with Crippen molar-refractivity contribution in [2.75, 3.05) is 17.2 Å². The van der Waals surface area contributed by atoms with Crippen molar-refractivity contribution in [1.82, 2.24) is 15.1 Å². The van der Waals surface area contributed by atoms with Gasteiger partial charge >= 0.3 is 0 Å². The van der Waals surface area contributed by atoms with E-state index in [1.165, 1.54) is 22.7 Å². The molecule has 1 aliphatic heterocycles. The highest BCUT2D eigenvalue weighted by atomic mass is 35.5. The summed E-state index contributed by atoms with van der Waals surface area (Å²) >= 11 is 7.95. The third-order valence-corrected chi connectivity index (χ3v) is 7.71. The van der Waals surface area contributed by atoms with Crippen LogP contribution in [0.15, 0.2) is 78.9 Å². The van der Waals surface area contributed by atoms with E-state index in [0.717, 1.165) is 5.56 Å². The van der Waals surface area contributed by atoms with Gasteiger partial charge in [0, 0.05) is 22.7 Å². The molecule has 6 nitrogen and oxygen atoms in total. The molecule has 1 N–H and O–H groups in total. The molecule has 0 fully saturated rings. The number of hydrogen-bond acceptors (Lipinski definition) is 4. The first-order chi connectivity index (χ1) is 18.3. The molecule has 0 aliphatic carbocycles. The molecule has 0 saturated carbocycles. The van der Waals surface area contributed by atoms with Crippen LogP contribution in [-0.2, 0) is 9.59 Å². The molecular weight excluding hydrogens is 523 g/mol. The van der Waals surface area contributed by atoms with E-state index in [4.69, 9.17) is 16.7 Å². The van der Waals surface area contributed by atoms with Gasteiger partial charge in [0.1, 0.15) is 18.2 Å². The highest BCUT2D eigenvalue weighted by Gasteiger charge is 2.38. The van der Waals surface area contributed by atoms with Crippen LogP contribution in [0.2, 0.25) is 5.02 Å². The number of carbonyl (C=O) groups excluding carboxylic acids is 2. The maximum atomic E-state index is 15.3. The van der Waals surface area contributed by atoms with Gasteiger partial charge in [0.05, 0.1) is 27.4 Å². The van der Waals surface area contributed by atoms with Crippen molar-refractivity contribution < 1.29 is 14.0 Å². The molecule has 2 heterocycles. The predicted molar refractivity (Wildman–Crippen MR) is 150 cm³/mol. The lowest BCUT2D eigenvalue weighted by atomic mass is 9.99. The SMILES string of the molecule is CC(C)NC(=O)CN1C(=O)CS[C@@H](c2ccccc2F)c2c(-c3ccccc3)nn(-c3ccccc3Cl)c21. The number of hydrogen-bond donors (Lipinski definition) is 1. The fourth-order valence-corrected chi connectivity index (χ4v) is 6.00. The minimum absolute atomic E-state index is 0.0550. The number of halogens is 2. The number of carbonyl (C=O) groups is 2. The second kappa shape index (κ2) is 11.0. The van der Waals surface area contributed by atoms with Gasteiger partial charge in [-0.2, -0.15) is 5.10 Å². The first kappa shape index (κ1) is 26.0. The van der Waals surface area contributed by atoms with Gasteiger partial charge in [-0.25, -0.2) is 9.07 Å². The Morgan fingerprint density at radius 2 is 1.76 bits per heavy atom. The minimum atomic E-state index is -0.556. The number of para-hydroxylation sites is 1. The zero-order chi connectivity index (χ0) is 26.8. The van der Waals surface area contributed by atoms with Crippen molar-refractivity contribution in [3.05, 3.63) is 101 Å². The fourth-order valence-electron chi connectivity index (χ4n) is 4.56. The molecule has 0 spiro atoms. The Morgan fingerprint density at radius 3 is 2.47 bits per heavy atom. The van der Waals surface area contributed by atoms with Gasteiger partial charge in [0.2, 0.25) is 11.8 Å². The van der Waals surface area contributed by atoms with E-state index < -0.39 is 5.25 Å². The number of anilines is 1. The van der Waals surface area contributed by atoms with E-state index in [-0.39, 0.29) is 36.0 Å². The summed E-state index contributed by atoms with van der Waals surface area (Å²) in [4.78, 5) is 28.0.